The van der Waals surface area contributed by atoms with Crippen molar-refractivity contribution in [2.24, 2.45) is 5.41 Å². The highest BCUT2D eigenvalue weighted by Crippen LogP contribution is 2.15. The number of hydrogen-bond acceptors (Lipinski definition) is 2. The lowest BCUT2D eigenvalue weighted by molar-refractivity contribution is 0.104. The van der Waals surface area contributed by atoms with E-state index in [1.807, 2.05) is 50.3 Å². The van der Waals surface area contributed by atoms with E-state index in [-0.39, 0.29) is 11.2 Å². The van der Waals surface area contributed by atoms with Crippen LogP contribution < -0.4 is 0 Å². The fraction of sp³-hybridized carbons (Fsp3) is 0.471. The molecule has 0 amide bonds. The molecule has 0 atom stereocenters. The van der Waals surface area contributed by atoms with Gasteiger partial charge in [-0.05, 0) is 11.5 Å². The van der Waals surface area contributed by atoms with Crippen molar-refractivity contribution in [3.63, 3.8) is 0 Å². The maximum atomic E-state index is 11.6. The van der Waals surface area contributed by atoms with Gasteiger partial charge in [0.25, 0.3) is 0 Å². The summed E-state index contributed by atoms with van der Waals surface area (Å²) in [4.78, 5) is 11.6. The summed E-state index contributed by atoms with van der Waals surface area (Å²) in [5.41, 5.74) is 0.803. The van der Waals surface area contributed by atoms with Gasteiger partial charge in [0, 0.05) is 19.8 Å². The van der Waals surface area contributed by atoms with E-state index in [1.165, 1.54) is 0 Å². The first kappa shape index (κ1) is 19.9. The molecule has 0 aromatic heterocycles. The Bertz CT molecular complexity index is 345. The molecule has 0 unspecified atom stereocenters. The molecule has 1 aromatic carbocycles. The molecule has 0 aliphatic carbocycles. The Morgan fingerprint density at radius 3 is 1.84 bits per heavy atom. The summed E-state index contributed by atoms with van der Waals surface area (Å²) in [5.74, 6) is 0.0699. The fourth-order valence-corrected chi connectivity index (χ4v) is 1.02. The molecule has 2 heteroatoms. The van der Waals surface area contributed by atoms with Crippen LogP contribution in [0, 0.1) is 5.41 Å². The van der Waals surface area contributed by atoms with Crippen molar-refractivity contribution in [1.29, 1.82) is 0 Å². The molecule has 0 N–H and O–H groups in total. The van der Waals surface area contributed by atoms with Crippen LogP contribution in [0.3, 0.4) is 0 Å². The van der Waals surface area contributed by atoms with Crippen LogP contribution in [0.15, 0.2) is 42.5 Å². The minimum absolute atomic E-state index is 0.0600. The van der Waals surface area contributed by atoms with E-state index in [0.717, 1.165) is 5.56 Å². The van der Waals surface area contributed by atoms with Gasteiger partial charge in [0.05, 0.1) is 0 Å². The van der Waals surface area contributed by atoms with E-state index in [9.17, 15) is 4.79 Å². The van der Waals surface area contributed by atoms with Gasteiger partial charge in [0.2, 0.25) is 0 Å². The van der Waals surface area contributed by atoms with E-state index in [4.69, 9.17) is 0 Å². The SMILES string of the molecule is CC.CC(C)(C)/C=C/C(=O)c1ccccc1.COC. The molecule has 0 bridgehead atoms. The van der Waals surface area contributed by atoms with Crippen molar-refractivity contribution < 1.29 is 9.53 Å². The molecule has 2 nitrogen and oxygen atoms in total. The standard InChI is InChI=1S/C13H16O.C2H6O.C2H6/c1-13(2,3)10-9-12(14)11-7-5-4-6-8-11;1-3-2;1-2/h4-10H,1-3H3;1-2H3;1-2H3/b10-9+;;. The van der Waals surface area contributed by atoms with Gasteiger partial charge >= 0.3 is 0 Å². The van der Waals surface area contributed by atoms with Crippen LogP contribution in [0.2, 0.25) is 0 Å². The van der Waals surface area contributed by atoms with Crippen molar-refractivity contribution in [2.75, 3.05) is 14.2 Å². The van der Waals surface area contributed by atoms with Gasteiger partial charge in [-0.25, -0.2) is 0 Å². The minimum Gasteiger partial charge on any atom is -0.388 e. The van der Waals surface area contributed by atoms with Gasteiger partial charge in [-0.1, -0.05) is 71.0 Å². The zero-order valence-electron chi connectivity index (χ0n) is 13.4. The van der Waals surface area contributed by atoms with Crippen LogP contribution >= 0.6 is 0 Å². The molecule has 0 heterocycles. The smallest absolute Gasteiger partial charge is 0.185 e. The van der Waals surface area contributed by atoms with Crippen LogP contribution in [-0.2, 0) is 4.74 Å². The average molecular weight is 264 g/mol. The molecular weight excluding hydrogens is 236 g/mol. The van der Waals surface area contributed by atoms with E-state index in [1.54, 1.807) is 20.3 Å². The predicted octanol–water partition coefficient (Wildman–Crippen LogP) is 4.76. The van der Waals surface area contributed by atoms with Gasteiger partial charge in [-0.2, -0.15) is 0 Å². The number of allylic oxidation sites excluding steroid dienone is 2. The second kappa shape index (κ2) is 11.7. The molecule has 0 radical (unpaired) electrons. The highest BCUT2D eigenvalue weighted by molar-refractivity contribution is 6.04. The summed E-state index contributed by atoms with van der Waals surface area (Å²) in [6, 6.07) is 9.31. The Labute approximate surface area is 118 Å². The Kier molecular flexibility index (Phi) is 12.2. The third-order valence-electron chi connectivity index (χ3n) is 1.79. The van der Waals surface area contributed by atoms with Crippen molar-refractivity contribution in [3.05, 3.63) is 48.0 Å². The second-order valence-electron chi connectivity index (χ2n) is 4.84. The molecule has 0 saturated heterocycles. The molecule has 1 aromatic rings. The number of hydrogen-bond donors (Lipinski definition) is 0. The van der Waals surface area contributed by atoms with Crippen LogP contribution in [0.1, 0.15) is 45.0 Å². The monoisotopic (exact) mass is 264 g/mol. The quantitative estimate of drug-likeness (QED) is 0.568. The van der Waals surface area contributed by atoms with Gasteiger partial charge in [0.15, 0.2) is 5.78 Å². The molecule has 0 fully saturated rings. The number of ketones is 1. The highest BCUT2D eigenvalue weighted by atomic mass is 16.4. The Morgan fingerprint density at radius 1 is 1.05 bits per heavy atom. The maximum Gasteiger partial charge on any atom is 0.185 e. The van der Waals surface area contributed by atoms with E-state index in [2.05, 4.69) is 25.5 Å². The lowest BCUT2D eigenvalue weighted by Crippen LogP contribution is -2.01. The maximum absolute atomic E-state index is 11.6. The number of methoxy groups -OCH3 is 1. The predicted molar refractivity (Wildman–Crippen MR) is 83.6 cm³/mol. The van der Waals surface area contributed by atoms with Gasteiger partial charge < -0.3 is 4.74 Å². The largest absolute Gasteiger partial charge is 0.388 e. The summed E-state index contributed by atoms with van der Waals surface area (Å²) in [6.07, 6.45) is 3.58. The summed E-state index contributed by atoms with van der Waals surface area (Å²) >= 11 is 0. The molecule has 108 valence electrons. The van der Waals surface area contributed by atoms with Crippen molar-refractivity contribution >= 4 is 5.78 Å². The Hall–Kier alpha value is -1.41. The van der Waals surface area contributed by atoms with Crippen LogP contribution in [0.5, 0.6) is 0 Å². The molecule has 0 aliphatic heterocycles. The molecule has 1 rings (SSSR count). The zero-order valence-corrected chi connectivity index (χ0v) is 13.4. The van der Waals surface area contributed by atoms with Gasteiger partial charge in [-0.3, -0.25) is 4.79 Å². The van der Waals surface area contributed by atoms with E-state index < -0.39 is 0 Å². The third-order valence-corrected chi connectivity index (χ3v) is 1.79. The third kappa shape index (κ3) is 12.8. The Morgan fingerprint density at radius 2 is 1.47 bits per heavy atom. The number of carbonyl (C=O) groups excluding carboxylic acids is 1. The van der Waals surface area contributed by atoms with Crippen LogP contribution in [0.4, 0.5) is 0 Å². The summed E-state index contributed by atoms with van der Waals surface area (Å²) in [6.45, 7) is 10.2. The summed E-state index contributed by atoms with van der Waals surface area (Å²) in [5, 5.41) is 0. The summed E-state index contributed by atoms with van der Waals surface area (Å²) in [7, 11) is 3.25. The van der Waals surface area contributed by atoms with Crippen molar-refractivity contribution in [1.82, 2.24) is 0 Å². The Balaban J connectivity index is 0. The first-order chi connectivity index (χ1) is 8.90. The molecule has 0 saturated carbocycles. The fourth-order valence-electron chi connectivity index (χ4n) is 1.02. The molecule has 19 heavy (non-hydrogen) atoms. The zero-order chi connectivity index (χ0) is 15.3. The lowest BCUT2D eigenvalue weighted by atomic mass is 9.95. The molecule has 0 aliphatic rings. The van der Waals surface area contributed by atoms with Crippen LogP contribution in [-0.4, -0.2) is 20.0 Å². The van der Waals surface area contributed by atoms with Gasteiger partial charge in [-0.15, -0.1) is 0 Å². The summed E-state index contributed by atoms with van der Waals surface area (Å²) < 4.78 is 4.25. The number of benzene rings is 1. The van der Waals surface area contributed by atoms with Gasteiger partial charge in [0.1, 0.15) is 0 Å². The second-order valence-corrected chi connectivity index (χ2v) is 4.84. The number of carbonyl (C=O) groups is 1. The minimum atomic E-state index is 0.0600. The first-order valence-corrected chi connectivity index (χ1v) is 6.59. The van der Waals surface area contributed by atoms with E-state index in [0.29, 0.717) is 0 Å². The highest BCUT2D eigenvalue weighted by Gasteiger charge is 2.06. The van der Waals surface area contributed by atoms with Crippen molar-refractivity contribution in [2.45, 2.75) is 34.6 Å². The molecule has 0 spiro atoms. The number of ether oxygens (including phenoxy) is 1. The number of rotatable bonds is 2. The van der Waals surface area contributed by atoms with Crippen molar-refractivity contribution in [3.8, 4) is 0 Å². The first-order valence-electron chi connectivity index (χ1n) is 6.59. The molecular formula is C17H28O2. The van der Waals surface area contributed by atoms with Crippen LogP contribution in [0.25, 0.3) is 0 Å². The van der Waals surface area contributed by atoms with E-state index >= 15 is 0 Å². The topological polar surface area (TPSA) is 26.3 Å². The lowest BCUT2D eigenvalue weighted by Gasteiger charge is -2.10. The normalized spacial score (nSPS) is 10.1. The average Bonchev–Trinajstić information content (AvgIpc) is 2.39.